The van der Waals surface area contributed by atoms with Crippen LogP contribution in [-0.4, -0.2) is 49.8 Å². The highest BCUT2D eigenvalue weighted by atomic mass is 32.1. The SMILES string of the molecule is CO[C@@H]1C[C@@H](COS)N(C(=O)CCN)C1. The van der Waals surface area contributed by atoms with Crippen LogP contribution in [0.2, 0.25) is 0 Å². The molecule has 0 spiro atoms. The van der Waals surface area contributed by atoms with Crippen LogP contribution in [0.25, 0.3) is 0 Å². The number of hydrogen-bond acceptors (Lipinski definition) is 5. The van der Waals surface area contributed by atoms with E-state index in [2.05, 4.69) is 12.9 Å². The molecule has 88 valence electrons. The van der Waals surface area contributed by atoms with E-state index in [-0.39, 0.29) is 18.1 Å². The lowest BCUT2D eigenvalue weighted by Crippen LogP contribution is -2.39. The van der Waals surface area contributed by atoms with Gasteiger partial charge in [0.2, 0.25) is 5.91 Å². The molecule has 1 aliphatic heterocycles. The average Bonchev–Trinajstić information content (AvgIpc) is 2.62. The average molecular weight is 234 g/mol. The molecule has 1 fully saturated rings. The quantitative estimate of drug-likeness (QED) is 0.511. The zero-order chi connectivity index (χ0) is 11.3. The maximum absolute atomic E-state index is 11.7. The number of ether oxygens (including phenoxy) is 1. The molecule has 0 unspecified atom stereocenters. The summed E-state index contributed by atoms with van der Waals surface area (Å²) in [6, 6.07) is 0.0616. The Balaban J connectivity index is 2.55. The van der Waals surface area contributed by atoms with Crippen LogP contribution in [0.5, 0.6) is 0 Å². The fourth-order valence-electron chi connectivity index (χ4n) is 1.86. The zero-order valence-electron chi connectivity index (χ0n) is 8.89. The molecule has 1 heterocycles. The highest BCUT2D eigenvalue weighted by molar-refractivity contribution is 7.75. The molecule has 6 heteroatoms. The van der Waals surface area contributed by atoms with Crippen LogP contribution in [0.1, 0.15) is 12.8 Å². The van der Waals surface area contributed by atoms with Gasteiger partial charge in [-0.05, 0) is 19.3 Å². The number of amides is 1. The topological polar surface area (TPSA) is 64.8 Å². The minimum absolute atomic E-state index is 0.0616. The molecule has 0 aromatic carbocycles. The lowest BCUT2D eigenvalue weighted by molar-refractivity contribution is -0.132. The highest BCUT2D eigenvalue weighted by Crippen LogP contribution is 2.21. The third-order valence-electron chi connectivity index (χ3n) is 2.65. The van der Waals surface area contributed by atoms with Gasteiger partial charge in [0, 0.05) is 26.6 Å². The Morgan fingerprint density at radius 1 is 1.67 bits per heavy atom. The van der Waals surface area contributed by atoms with E-state index in [1.165, 1.54) is 0 Å². The summed E-state index contributed by atoms with van der Waals surface area (Å²) in [6.45, 7) is 1.43. The predicted molar refractivity (Wildman–Crippen MR) is 59.5 cm³/mol. The summed E-state index contributed by atoms with van der Waals surface area (Å²) in [5, 5.41) is 0. The van der Waals surface area contributed by atoms with Crippen molar-refractivity contribution in [3.05, 3.63) is 0 Å². The van der Waals surface area contributed by atoms with Gasteiger partial charge in [-0.15, -0.1) is 0 Å². The molecule has 1 saturated heterocycles. The van der Waals surface area contributed by atoms with Gasteiger partial charge >= 0.3 is 0 Å². The van der Waals surface area contributed by atoms with E-state index in [0.717, 1.165) is 6.42 Å². The molecular formula is C9H18N2O3S. The lowest BCUT2D eigenvalue weighted by Gasteiger charge is -2.23. The van der Waals surface area contributed by atoms with Crippen molar-refractivity contribution in [1.29, 1.82) is 0 Å². The first-order valence-corrected chi connectivity index (χ1v) is 5.38. The van der Waals surface area contributed by atoms with E-state index in [4.69, 9.17) is 14.7 Å². The van der Waals surface area contributed by atoms with E-state index < -0.39 is 0 Å². The second kappa shape index (κ2) is 6.32. The van der Waals surface area contributed by atoms with Crippen LogP contribution in [0.15, 0.2) is 0 Å². The van der Waals surface area contributed by atoms with Crippen molar-refractivity contribution in [3.8, 4) is 0 Å². The molecule has 1 aliphatic rings. The number of methoxy groups -OCH3 is 1. The smallest absolute Gasteiger partial charge is 0.224 e. The van der Waals surface area contributed by atoms with Gasteiger partial charge in [0.15, 0.2) is 0 Å². The van der Waals surface area contributed by atoms with Crippen molar-refractivity contribution in [2.45, 2.75) is 25.0 Å². The van der Waals surface area contributed by atoms with E-state index in [0.29, 0.717) is 26.1 Å². The minimum Gasteiger partial charge on any atom is -0.380 e. The van der Waals surface area contributed by atoms with Gasteiger partial charge in [0.1, 0.15) is 0 Å². The summed E-state index contributed by atoms with van der Waals surface area (Å²) < 4.78 is 10.0. The Hall–Kier alpha value is -0.300. The van der Waals surface area contributed by atoms with Gasteiger partial charge in [0.05, 0.1) is 18.8 Å². The first-order valence-electron chi connectivity index (χ1n) is 5.01. The molecule has 0 radical (unpaired) electrons. The molecule has 2 N–H and O–H groups in total. The standard InChI is InChI=1S/C9H18N2O3S/c1-13-8-4-7(6-14-15)11(5-8)9(12)2-3-10/h7-8,15H,2-6,10H2,1H3/t7-,8+/m0/s1. The van der Waals surface area contributed by atoms with Crippen molar-refractivity contribution in [2.24, 2.45) is 5.73 Å². The molecule has 5 nitrogen and oxygen atoms in total. The molecule has 2 atom stereocenters. The molecular weight excluding hydrogens is 216 g/mol. The summed E-state index contributed by atoms with van der Waals surface area (Å²) in [5.74, 6) is 0.0624. The second-order valence-corrected chi connectivity index (χ2v) is 3.89. The van der Waals surface area contributed by atoms with Gasteiger partial charge in [-0.25, -0.2) is 0 Å². The van der Waals surface area contributed by atoms with Crippen LogP contribution in [0.4, 0.5) is 0 Å². The summed E-state index contributed by atoms with van der Waals surface area (Å²) in [4.78, 5) is 13.5. The summed E-state index contributed by atoms with van der Waals surface area (Å²) in [6.07, 6.45) is 1.27. The van der Waals surface area contributed by atoms with Gasteiger partial charge in [0.25, 0.3) is 0 Å². The number of likely N-dealkylation sites (tertiary alicyclic amines) is 1. The van der Waals surface area contributed by atoms with Gasteiger partial charge in [-0.1, -0.05) is 0 Å². The maximum atomic E-state index is 11.7. The summed E-state index contributed by atoms with van der Waals surface area (Å²) >= 11 is 3.71. The Morgan fingerprint density at radius 2 is 2.40 bits per heavy atom. The molecule has 0 aromatic rings. The number of carbonyl (C=O) groups excluding carboxylic acids is 1. The third kappa shape index (κ3) is 3.34. The van der Waals surface area contributed by atoms with Crippen molar-refractivity contribution >= 4 is 18.8 Å². The Labute approximate surface area is 95.5 Å². The van der Waals surface area contributed by atoms with E-state index in [9.17, 15) is 4.79 Å². The molecule has 1 rings (SSSR count). The van der Waals surface area contributed by atoms with Crippen LogP contribution in [-0.2, 0) is 13.7 Å². The normalized spacial score (nSPS) is 25.9. The number of nitrogens with two attached hydrogens (primary N) is 1. The third-order valence-corrected chi connectivity index (χ3v) is 2.80. The second-order valence-electron chi connectivity index (χ2n) is 3.63. The molecule has 0 bridgehead atoms. The molecule has 0 aromatic heterocycles. The van der Waals surface area contributed by atoms with E-state index in [1.807, 2.05) is 0 Å². The first kappa shape index (κ1) is 12.8. The number of thiol groups is 1. The maximum Gasteiger partial charge on any atom is 0.224 e. The summed E-state index contributed by atoms with van der Waals surface area (Å²) in [7, 11) is 1.65. The Bertz CT molecular complexity index is 216. The fourth-order valence-corrected chi connectivity index (χ4v) is 2.03. The highest BCUT2D eigenvalue weighted by Gasteiger charge is 2.34. The molecule has 0 aliphatic carbocycles. The van der Waals surface area contributed by atoms with Crippen LogP contribution in [0.3, 0.4) is 0 Å². The Kier molecular flexibility index (Phi) is 5.38. The number of hydrogen-bond donors (Lipinski definition) is 2. The molecule has 0 saturated carbocycles. The minimum atomic E-state index is 0.0616. The fraction of sp³-hybridized carbons (Fsp3) is 0.889. The largest absolute Gasteiger partial charge is 0.380 e. The monoisotopic (exact) mass is 234 g/mol. The Morgan fingerprint density at radius 3 is 2.93 bits per heavy atom. The van der Waals surface area contributed by atoms with E-state index >= 15 is 0 Å². The van der Waals surface area contributed by atoms with Gasteiger partial charge < -0.3 is 19.6 Å². The van der Waals surface area contributed by atoms with Crippen molar-refractivity contribution < 1.29 is 13.7 Å². The molecule has 15 heavy (non-hydrogen) atoms. The van der Waals surface area contributed by atoms with Crippen LogP contribution < -0.4 is 5.73 Å². The lowest BCUT2D eigenvalue weighted by atomic mass is 10.2. The summed E-state index contributed by atoms with van der Waals surface area (Å²) in [5.41, 5.74) is 5.36. The van der Waals surface area contributed by atoms with Crippen LogP contribution in [0, 0.1) is 0 Å². The number of nitrogens with zero attached hydrogens (tertiary/aromatic N) is 1. The number of carbonyl (C=O) groups is 1. The number of rotatable bonds is 5. The van der Waals surface area contributed by atoms with Gasteiger partial charge in [-0.2, -0.15) is 0 Å². The van der Waals surface area contributed by atoms with Crippen molar-refractivity contribution in [1.82, 2.24) is 4.90 Å². The van der Waals surface area contributed by atoms with Gasteiger partial charge in [-0.3, -0.25) is 4.79 Å². The van der Waals surface area contributed by atoms with Crippen molar-refractivity contribution in [2.75, 3.05) is 26.8 Å². The first-order chi connectivity index (χ1) is 7.22. The predicted octanol–water partition coefficient (Wildman–Crippen LogP) is -0.187. The van der Waals surface area contributed by atoms with Crippen molar-refractivity contribution in [3.63, 3.8) is 0 Å². The zero-order valence-corrected chi connectivity index (χ0v) is 9.78. The van der Waals surface area contributed by atoms with E-state index in [1.54, 1.807) is 12.0 Å². The molecule has 1 amide bonds. The van der Waals surface area contributed by atoms with Crippen LogP contribution >= 0.6 is 12.9 Å².